The molecule has 1 atom stereocenters. The molecule has 0 saturated carbocycles. The molecule has 3 nitrogen and oxygen atoms in total. The number of benzene rings is 1. The number of fused-ring (bicyclic) bond motifs is 1. The van der Waals surface area contributed by atoms with Crippen LogP contribution in [0.1, 0.15) is 36.7 Å². The van der Waals surface area contributed by atoms with Crippen LogP contribution in [-0.4, -0.2) is 23.1 Å². The summed E-state index contributed by atoms with van der Waals surface area (Å²) in [6, 6.07) is 5.63. The zero-order chi connectivity index (χ0) is 14.2. The Labute approximate surface area is 122 Å². The number of amides is 1. The zero-order valence-corrected chi connectivity index (χ0v) is 13.0. The van der Waals surface area contributed by atoms with Gasteiger partial charge in [0.1, 0.15) is 0 Å². The van der Waals surface area contributed by atoms with Crippen LogP contribution in [0.15, 0.2) is 18.2 Å². The highest BCUT2D eigenvalue weighted by Gasteiger charge is 2.25. The average Bonchev–Trinajstić information content (AvgIpc) is 2.79. The number of carbonyl (C=O) groups is 2. The van der Waals surface area contributed by atoms with E-state index in [0.29, 0.717) is 6.54 Å². The number of hydrogen-bond acceptors (Lipinski definition) is 2. The van der Waals surface area contributed by atoms with Gasteiger partial charge in [-0.3, -0.25) is 9.59 Å². The van der Waals surface area contributed by atoms with Crippen LogP contribution >= 0.6 is 15.9 Å². The second-order valence-electron chi connectivity index (χ2n) is 5.27. The van der Waals surface area contributed by atoms with E-state index in [2.05, 4.69) is 15.9 Å². The van der Waals surface area contributed by atoms with Crippen molar-refractivity contribution in [2.75, 3.05) is 11.4 Å². The van der Waals surface area contributed by atoms with Crippen LogP contribution in [0.2, 0.25) is 0 Å². The third kappa shape index (κ3) is 2.73. The number of ketones is 1. The number of carbonyl (C=O) groups excluding carboxylic acids is 2. The summed E-state index contributed by atoms with van der Waals surface area (Å²) in [5.74, 6) is 0.423. The van der Waals surface area contributed by atoms with Gasteiger partial charge in [0.15, 0.2) is 5.78 Å². The highest BCUT2D eigenvalue weighted by atomic mass is 79.9. The van der Waals surface area contributed by atoms with E-state index < -0.39 is 0 Å². The minimum absolute atomic E-state index is 0.0541. The van der Waals surface area contributed by atoms with Crippen molar-refractivity contribution in [2.24, 2.45) is 5.92 Å². The minimum atomic E-state index is -0.157. The van der Waals surface area contributed by atoms with Crippen molar-refractivity contribution in [1.29, 1.82) is 0 Å². The number of rotatable bonds is 3. The van der Waals surface area contributed by atoms with E-state index >= 15 is 0 Å². The van der Waals surface area contributed by atoms with Gasteiger partial charge in [0, 0.05) is 24.7 Å². The van der Waals surface area contributed by atoms with Crippen LogP contribution < -0.4 is 4.90 Å². The third-order valence-corrected chi connectivity index (χ3v) is 4.95. The summed E-state index contributed by atoms with van der Waals surface area (Å²) in [7, 11) is 0. The van der Waals surface area contributed by atoms with E-state index in [1.54, 1.807) is 11.8 Å². The second kappa shape index (κ2) is 5.45. The van der Waals surface area contributed by atoms with Gasteiger partial charge in [-0.05, 0) is 36.1 Å². The Morgan fingerprint density at radius 3 is 2.58 bits per heavy atom. The molecule has 1 aromatic carbocycles. The second-order valence-corrected chi connectivity index (χ2v) is 6.26. The van der Waals surface area contributed by atoms with Gasteiger partial charge in [-0.1, -0.05) is 29.8 Å². The summed E-state index contributed by atoms with van der Waals surface area (Å²) in [6.07, 6.45) is 0.824. The Bertz CT molecular complexity index is 525. The van der Waals surface area contributed by atoms with Gasteiger partial charge < -0.3 is 4.90 Å². The smallest absolute Gasteiger partial charge is 0.223 e. The lowest BCUT2D eigenvalue weighted by atomic mass is 9.99. The summed E-state index contributed by atoms with van der Waals surface area (Å²) in [5, 5.41) is 0. The fraction of sp³-hybridized carbons (Fsp3) is 0.467. The molecule has 0 radical (unpaired) electrons. The Balaban J connectivity index is 2.29. The van der Waals surface area contributed by atoms with Crippen molar-refractivity contribution in [1.82, 2.24) is 0 Å². The maximum atomic E-state index is 12.3. The summed E-state index contributed by atoms with van der Waals surface area (Å²) in [4.78, 5) is 25.4. The molecular weight excluding hydrogens is 306 g/mol. The maximum absolute atomic E-state index is 12.3. The van der Waals surface area contributed by atoms with Crippen LogP contribution in [0.3, 0.4) is 0 Å². The van der Waals surface area contributed by atoms with Crippen LogP contribution in [0.25, 0.3) is 0 Å². The first-order valence-electron chi connectivity index (χ1n) is 6.51. The summed E-state index contributed by atoms with van der Waals surface area (Å²) >= 11 is 3.45. The normalized spacial score (nSPS) is 15.5. The summed E-state index contributed by atoms with van der Waals surface area (Å²) < 4.78 is 0. The molecule has 1 heterocycles. The fourth-order valence-electron chi connectivity index (χ4n) is 2.34. The molecule has 0 fully saturated rings. The van der Waals surface area contributed by atoms with Gasteiger partial charge in [-0.15, -0.1) is 0 Å². The molecule has 0 bridgehead atoms. The predicted octanol–water partition coefficient (Wildman–Crippen LogP) is 3.20. The van der Waals surface area contributed by atoms with E-state index in [-0.39, 0.29) is 22.4 Å². The van der Waals surface area contributed by atoms with Gasteiger partial charge in [-0.25, -0.2) is 0 Å². The Morgan fingerprint density at radius 2 is 2.00 bits per heavy atom. The number of halogens is 1. The molecule has 2 rings (SSSR count). The van der Waals surface area contributed by atoms with Gasteiger partial charge in [0.25, 0.3) is 0 Å². The highest BCUT2D eigenvalue weighted by molar-refractivity contribution is 9.10. The first kappa shape index (κ1) is 14.3. The fourth-order valence-corrected chi connectivity index (χ4v) is 2.61. The molecule has 1 aliphatic rings. The monoisotopic (exact) mass is 323 g/mol. The number of hydrogen-bond donors (Lipinski definition) is 0. The van der Waals surface area contributed by atoms with E-state index in [4.69, 9.17) is 0 Å². The SMILES string of the molecule is CC(=O)N1CCc2cc(C(=O)C(Br)C(C)C)ccc21. The van der Waals surface area contributed by atoms with E-state index in [1.165, 1.54) is 0 Å². The molecule has 1 amide bonds. The Morgan fingerprint density at radius 1 is 1.32 bits per heavy atom. The van der Waals surface area contributed by atoms with Gasteiger partial charge >= 0.3 is 0 Å². The maximum Gasteiger partial charge on any atom is 0.223 e. The molecule has 0 aromatic heterocycles. The molecule has 1 aromatic rings. The van der Waals surface area contributed by atoms with E-state index in [0.717, 1.165) is 23.2 Å². The lowest BCUT2D eigenvalue weighted by Gasteiger charge is -2.16. The van der Waals surface area contributed by atoms with Gasteiger partial charge in [-0.2, -0.15) is 0 Å². The van der Waals surface area contributed by atoms with Crippen molar-refractivity contribution < 1.29 is 9.59 Å². The predicted molar refractivity (Wildman–Crippen MR) is 80.1 cm³/mol. The van der Waals surface area contributed by atoms with Crippen molar-refractivity contribution in [3.63, 3.8) is 0 Å². The first-order valence-corrected chi connectivity index (χ1v) is 7.42. The molecule has 0 spiro atoms. The molecule has 0 N–H and O–H groups in total. The number of anilines is 1. The number of nitrogens with zero attached hydrogens (tertiary/aromatic N) is 1. The molecule has 0 aliphatic carbocycles. The summed E-state index contributed by atoms with van der Waals surface area (Å²) in [6.45, 7) is 6.32. The minimum Gasteiger partial charge on any atom is -0.312 e. The van der Waals surface area contributed by atoms with Crippen molar-refractivity contribution >= 4 is 33.3 Å². The van der Waals surface area contributed by atoms with Crippen molar-refractivity contribution in [2.45, 2.75) is 32.0 Å². The molecule has 102 valence electrons. The van der Waals surface area contributed by atoms with Gasteiger partial charge in [0.2, 0.25) is 5.91 Å². The van der Waals surface area contributed by atoms with Crippen molar-refractivity contribution in [3.8, 4) is 0 Å². The van der Waals surface area contributed by atoms with Crippen LogP contribution in [0.5, 0.6) is 0 Å². The van der Waals surface area contributed by atoms with Gasteiger partial charge in [0.05, 0.1) is 4.83 Å². The zero-order valence-electron chi connectivity index (χ0n) is 11.4. The molecule has 4 heteroatoms. The molecule has 1 aliphatic heterocycles. The number of Topliss-reactive ketones (excluding diaryl/α,β-unsaturated/α-hetero) is 1. The van der Waals surface area contributed by atoms with Crippen LogP contribution in [0, 0.1) is 5.92 Å². The van der Waals surface area contributed by atoms with Crippen LogP contribution in [0.4, 0.5) is 5.69 Å². The first-order chi connectivity index (χ1) is 8.91. The lowest BCUT2D eigenvalue weighted by molar-refractivity contribution is -0.116. The highest BCUT2D eigenvalue weighted by Crippen LogP contribution is 2.30. The topological polar surface area (TPSA) is 37.4 Å². The van der Waals surface area contributed by atoms with Crippen LogP contribution in [-0.2, 0) is 11.2 Å². The average molecular weight is 324 g/mol. The number of alkyl halides is 1. The van der Waals surface area contributed by atoms with Crippen molar-refractivity contribution in [3.05, 3.63) is 29.3 Å². The summed E-state index contributed by atoms with van der Waals surface area (Å²) in [5.41, 5.74) is 2.75. The molecular formula is C15H18BrNO2. The Kier molecular flexibility index (Phi) is 4.09. The Hall–Kier alpha value is -1.16. The lowest BCUT2D eigenvalue weighted by Crippen LogP contribution is -2.25. The van der Waals surface area contributed by atoms with E-state index in [1.807, 2.05) is 32.0 Å². The van der Waals surface area contributed by atoms with E-state index in [9.17, 15) is 9.59 Å². The third-order valence-electron chi connectivity index (χ3n) is 3.48. The largest absolute Gasteiger partial charge is 0.312 e. The molecule has 1 unspecified atom stereocenters. The molecule has 0 saturated heterocycles. The quantitative estimate of drug-likeness (QED) is 0.632. The molecule has 19 heavy (non-hydrogen) atoms. The standard InChI is InChI=1S/C15H18BrNO2/c1-9(2)14(16)15(19)12-4-5-13-11(8-12)6-7-17(13)10(3)18/h4-5,8-9,14H,6-7H2,1-3H3.